The van der Waals surface area contributed by atoms with Crippen molar-refractivity contribution >= 4 is 39.1 Å². The van der Waals surface area contributed by atoms with E-state index in [0.29, 0.717) is 22.4 Å². The first kappa shape index (κ1) is 25.2. The molecule has 2 heterocycles. The van der Waals surface area contributed by atoms with E-state index < -0.39 is 12.6 Å². The van der Waals surface area contributed by atoms with E-state index >= 15 is 0 Å². The summed E-state index contributed by atoms with van der Waals surface area (Å²) in [5, 5.41) is 7.32. The number of ether oxygens (including phenoxy) is 1. The van der Waals surface area contributed by atoms with Gasteiger partial charge in [-0.05, 0) is 12.5 Å². The van der Waals surface area contributed by atoms with Crippen molar-refractivity contribution in [2.75, 3.05) is 18.1 Å². The Labute approximate surface area is 213 Å². The summed E-state index contributed by atoms with van der Waals surface area (Å²) >= 11 is 1.38. The van der Waals surface area contributed by atoms with Crippen LogP contribution >= 0.6 is 11.3 Å². The number of anilines is 1. The maximum absolute atomic E-state index is 13.2. The fourth-order valence-corrected chi connectivity index (χ4v) is 4.75. The van der Waals surface area contributed by atoms with Crippen LogP contribution in [0.1, 0.15) is 43.1 Å². The van der Waals surface area contributed by atoms with Gasteiger partial charge in [-0.3, -0.25) is 14.5 Å². The Morgan fingerprint density at radius 3 is 2.47 bits per heavy atom. The largest absolute Gasteiger partial charge is 0.451 e. The lowest BCUT2D eigenvalue weighted by Gasteiger charge is -2.20. The molecule has 0 aliphatic rings. The highest BCUT2D eigenvalue weighted by atomic mass is 32.1. The summed E-state index contributed by atoms with van der Waals surface area (Å²) in [5.41, 5.74) is 1.45. The predicted molar refractivity (Wildman–Crippen MR) is 141 cm³/mol. The van der Waals surface area contributed by atoms with Gasteiger partial charge in [0.2, 0.25) is 0 Å². The monoisotopic (exact) mass is 504 g/mol. The van der Waals surface area contributed by atoms with Crippen molar-refractivity contribution in [1.29, 1.82) is 0 Å². The lowest BCUT2D eigenvalue weighted by molar-refractivity contribution is -0.121. The Morgan fingerprint density at radius 1 is 1.00 bits per heavy atom. The smallest absolute Gasteiger partial charge is 0.359 e. The normalized spacial score (nSPS) is 10.9. The highest BCUT2D eigenvalue weighted by molar-refractivity contribution is 7.14. The number of thiazole rings is 1. The van der Waals surface area contributed by atoms with Crippen LogP contribution in [0.3, 0.4) is 0 Å². The maximum atomic E-state index is 13.2. The maximum Gasteiger partial charge on any atom is 0.359 e. The molecule has 0 fully saturated rings. The first-order valence-electron chi connectivity index (χ1n) is 11.9. The van der Waals surface area contributed by atoms with Crippen LogP contribution in [0.5, 0.6) is 0 Å². The average molecular weight is 505 g/mol. The van der Waals surface area contributed by atoms with Crippen LogP contribution in [-0.2, 0) is 16.6 Å². The van der Waals surface area contributed by atoms with Gasteiger partial charge in [-0.25, -0.2) is 14.5 Å². The van der Waals surface area contributed by atoms with Gasteiger partial charge < -0.3 is 4.74 Å². The number of unbranched alkanes of at least 4 members (excludes halogenated alkanes) is 3. The third-order valence-corrected chi connectivity index (χ3v) is 6.67. The van der Waals surface area contributed by atoms with Crippen molar-refractivity contribution in [2.24, 2.45) is 7.05 Å². The highest BCUT2D eigenvalue weighted by Crippen LogP contribution is 2.28. The number of benzene rings is 2. The van der Waals surface area contributed by atoms with Crippen LogP contribution in [0, 0.1) is 0 Å². The minimum atomic E-state index is -0.759. The van der Waals surface area contributed by atoms with E-state index in [1.165, 1.54) is 18.4 Å². The molecule has 0 aliphatic heterocycles. The number of carbonyl (C=O) groups excluding carboxylic acids is 2. The topological polar surface area (TPSA) is 94.4 Å². The molecule has 1 amide bonds. The highest BCUT2D eigenvalue weighted by Gasteiger charge is 2.23. The van der Waals surface area contributed by atoms with Crippen LogP contribution < -0.4 is 10.5 Å². The van der Waals surface area contributed by atoms with Crippen molar-refractivity contribution in [3.63, 3.8) is 0 Å². The van der Waals surface area contributed by atoms with Crippen LogP contribution in [0.15, 0.2) is 64.8 Å². The van der Waals surface area contributed by atoms with E-state index in [2.05, 4.69) is 17.0 Å². The lowest BCUT2D eigenvalue weighted by Crippen LogP contribution is -2.36. The Bertz CT molecular complexity index is 1410. The van der Waals surface area contributed by atoms with Crippen LogP contribution in [0.2, 0.25) is 0 Å². The van der Waals surface area contributed by atoms with E-state index in [-0.39, 0.29) is 17.2 Å². The number of nitrogens with zero attached hydrogens (tertiary/aromatic N) is 4. The first-order chi connectivity index (χ1) is 17.5. The SMILES string of the molecule is CCCCCCN(C(=O)COC(=O)c1nn(C)c(=O)c2ccccc12)c1nc(-c2ccccc2)cs1. The van der Waals surface area contributed by atoms with E-state index in [9.17, 15) is 14.4 Å². The molecule has 186 valence electrons. The molecular weight excluding hydrogens is 476 g/mol. The zero-order valence-electron chi connectivity index (χ0n) is 20.3. The Hall–Kier alpha value is -3.85. The zero-order valence-corrected chi connectivity index (χ0v) is 21.2. The van der Waals surface area contributed by atoms with Crippen molar-refractivity contribution < 1.29 is 14.3 Å². The molecule has 8 nitrogen and oxygen atoms in total. The predicted octanol–water partition coefficient (Wildman–Crippen LogP) is 4.83. The molecule has 0 unspecified atom stereocenters. The molecule has 9 heteroatoms. The van der Waals surface area contributed by atoms with Gasteiger partial charge in [-0.2, -0.15) is 5.10 Å². The second-order valence-corrected chi connectivity index (χ2v) is 9.22. The van der Waals surface area contributed by atoms with Crippen LogP contribution in [-0.4, -0.2) is 39.8 Å². The summed E-state index contributed by atoms with van der Waals surface area (Å²) < 4.78 is 6.48. The molecule has 0 atom stereocenters. The number of amides is 1. The number of aryl methyl sites for hydroxylation is 1. The number of rotatable bonds is 10. The zero-order chi connectivity index (χ0) is 25.5. The number of aromatic nitrogens is 3. The molecule has 0 bridgehead atoms. The number of carbonyl (C=O) groups is 2. The molecule has 0 radical (unpaired) electrons. The standard InChI is InChI=1S/C27H28N4O4S/c1-3-4-5-11-16-31(27-28-22(18-36-27)19-12-7-6-8-13-19)23(32)17-35-26(34)24-20-14-9-10-15-21(20)25(33)30(2)29-24/h6-10,12-15,18H,3-5,11,16-17H2,1-2H3. The number of hydrogen-bond donors (Lipinski definition) is 0. The van der Waals surface area contributed by atoms with Crippen molar-refractivity contribution in [3.8, 4) is 11.3 Å². The summed E-state index contributed by atoms with van der Waals surface area (Å²) in [5.74, 6) is -1.12. The fourth-order valence-electron chi connectivity index (χ4n) is 3.88. The molecule has 0 spiro atoms. The van der Waals surface area contributed by atoms with Gasteiger partial charge in [0.25, 0.3) is 11.5 Å². The van der Waals surface area contributed by atoms with E-state index in [1.54, 1.807) is 29.2 Å². The molecule has 0 aliphatic carbocycles. The van der Waals surface area contributed by atoms with Gasteiger partial charge in [-0.1, -0.05) is 74.7 Å². The summed E-state index contributed by atoms with van der Waals surface area (Å²) in [7, 11) is 1.47. The second-order valence-electron chi connectivity index (χ2n) is 8.39. The molecule has 0 N–H and O–H groups in total. The Kier molecular flexibility index (Phi) is 8.22. The quantitative estimate of drug-likeness (QED) is 0.227. The van der Waals surface area contributed by atoms with Gasteiger partial charge >= 0.3 is 5.97 Å². The molecule has 2 aromatic heterocycles. The summed E-state index contributed by atoms with van der Waals surface area (Å²) in [6, 6.07) is 16.5. The third kappa shape index (κ3) is 5.68. The van der Waals surface area contributed by atoms with Crippen molar-refractivity contribution in [1.82, 2.24) is 14.8 Å². The van der Waals surface area contributed by atoms with Crippen LogP contribution in [0.4, 0.5) is 5.13 Å². The summed E-state index contributed by atoms with van der Waals surface area (Å²) in [6.45, 7) is 2.16. The molecule has 0 saturated carbocycles. The average Bonchev–Trinajstić information content (AvgIpc) is 3.39. The minimum Gasteiger partial charge on any atom is -0.451 e. The first-order valence-corrected chi connectivity index (χ1v) is 12.8. The fraction of sp³-hybridized carbons (Fsp3) is 0.296. The van der Waals surface area contributed by atoms with E-state index in [0.717, 1.165) is 41.6 Å². The molecule has 0 saturated heterocycles. The Balaban J connectivity index is 1.52. The van der Waals surface area contributed by atoms with E-state index in [1.807, 2.05) is 35.7 Å². The van der Waals surface area contributed by atoms with E-state index in [4.69, 9.17) is 4.74 Å². The van der Waals surface area contributed by atoms with Crippen molar-refractivity contribution in [2.45, 2.75) is 32.6 Å². The second kappa shape index (κ2) is 11.7. The van der Waals surface area contributed by atoms with Gasteiger partial charge in [0.15, 0.2) is 17.4 Å². The van der Waals surface area contributed by atoms with Crippen LogP contribution in [0.25, 0.3) is 22.0 Å². The number of esters is 1. The van der Waals surface area contributed by atoms with Gasteiger partial charge in [0.1, 0.15) is 0 Å². The molecule has 36 heavy (non-hydrogen) atoms. The number of hydrogen-bond acceptors (Lipinski definition) is 7. The summed E-state index contributed by atoms with van der Waals surface area (Å²) in [6.07, 6.45) is 3.98. The molecule has 2 aromatic carbocycles. The third-order valence-electron chi connectivity index (χ3n) is 5.81. The van der Waals surface area contributed by atoms with Gasteiger partial charge in [0.05, 0.1) is 11.1 Å². The van der Waals surface area contributed by atoms with Gasteiger partial charge in [0, 0.05) is 29.9 Å². The molecular formula is C27H28N4O4S. The molecule has 4 rings (SSSR count). The number of fused-ring (bicyclic) bond motifs is 1. The lowest BCUT2D eigenvalue weighted by atomic mass is 10.1. The summed E-state index contributed by atoms with van der Waals surface area (Å²) in [4.78, 5) is 44.7. The van der Waals surface area contributed by atoms with Gasteiger partial charge in [-0.15, -0.1) is 11.3 Å². The minimum absolute atomic E-state index is 0.00407. The Morgan fingerprint density at radius 2 is 1.72 bits per heavy atom. The molecule has 4 aromatic rings. The van der Waals surface area contributed by atoms with Crippen molar-refractivity contribution in [3.05, 3.63) is 76.0 Å².